The van der Waals surface area contributed by atoms with Crippen molar-refractivity contribution < 1.29 is 10.1 Å². The Bertz CT molecular complexity index is 399. The zero-order chi connectivity index (χ0) is 10.7. The van der Waals surface area contributed by atoms with Gasteiger partial charge in [-0.25, -0.2) is 0 Å². The molecule has 1 rings (SSSR count). The molecular weight excluding hydrogens is 184 g/mol. The summed E-state index contributed by atoms with van der Waals surface area (Å²) in [6, 6.07) is 3.08. The predicted octanol–water partition coefficient (Wildman–Crippen LogP) is 2.02. The quantitative estimate of drug-likeness (QED) is 0.338. The molecule has 0 saturated heterocycles. The van der Waals surface area contributed by atoms with Gasteiger partial charge in [-0.2, -0.15) is 0 Å². The second-order valence-corrected chi connectivity index (χ2v) is 3.00. The molecule has 0 heterocycles. The van der Waals surface area contributed by atoms with Crippen molar-refractivity contribution in [3.8, 4) is 0 Å². The van der Waals surface area contributed by atoms with Crippen molar-refractivity contribution in [2.45, 2.75) is 13.8 Å². The summed E-state index contributed by atoms with van der Waals surface area (Å²) in [6.07, 6.45) is 1.18. The Balaban J connectivity index is 3.34. The minimum absolute atomic E-state index is 0.0329. The average molecular weight is 194 g/mol. The molecule has 0 saturated carbocycles. The molecule has 0 atom stereocenters. The molecule has 0 aliphatic heterocycles. The van der Waals surface area contributed by atoms with Crippen LogP contribution in [-0.2, 0) is 0 Å². The largest absolute Gasteiger partial charge is 0.411 e. The van der Waals surface area contributed by atoms with Crippen molar-refractivity contribution in [2.75, 3.05) is 0 Å². The van der Waals surface area contributed by atoms with Crippen LogP contribution in [0.3, 0.4) is 0 Å². The molecule has 0 unspecified atom stereocenters. The van der Waals surface area contributed by atoms with Crippen LogP contribution < -0.4 is 0 Å². The van der Waals surface area contributed by atoms with Gasteiger partial charge < -0.3 is 5.21 Å². The summed E-state index contributed by atoms with van der Waals surface area (Å²) in [4.78, 5) is 10.1. The lowest BCUT2D eigenvalue weighted by Gasteiger charge is -2.02. The van der Waals surface area contributed by atoms with Crippen LogP contribution in [0, 0.1) is 24.0 Å². The van der Waals surface area contributed by atoms with E-state index in [-0.39, 0.29) is 5.69 Å². The van der Waals surface area contributed by atoms with Gasteiger partial charge in [0, 0.05) is 17.2 Å². The molecule has 1 aromatic rings. The Hall–Kier alpha value is -1.91. The van der Waals surface area contributed by atoms with E-state index in [0.29, 0.717) is 11.1 Å². The summed E-state index contributed by atoms with van der Waals surface area (Å²) in [5, 5.41) is 21.8. The number of nitrogens with zero attached hydrogens (tertiary/aromatic N) is 2. The van der Waals surface area contributed by atoms with Gasteiger partial charge in [-0.05, 0) is 25.5 Å². The molecule has 14 heavy (non-hydrogen) atoms. The van der Waals surface area contributed by atoms with E-state index in [4.69, 9.17) is 5.21 Å². The molecule has 0 amide bonds. The van der Waals surface area contributed by atoms with Crippen molar-refractivity contribution in [1.82, 2.24) is 0 Å². The molecule has 0 aliphatic rings. The summed E-state index contributed by atoms with van der Waals surface area (Å²) < 4.78 is 0. The van der Waals surface area contributed by atoms with Crippen LogP contribution in [-0.4, -0.2) is 16.3 Å². The van der Waals surface area contributed by atoms with Gasteiger partial charge in [0.05, 0.1) is 11.1 Å². The highest BCUT2D eigenvalue weighted by Gasteiger charge is 2.12. The normalized spacial score (nSPS) is 10.7. The first-order chi connectivity index (χ1) is 6.56. The maximum Gasteiger partial charge on any atom is 0.272 e. The second kappa shape index (κ2) is 3.87. The summed E-state index contributed by atoms with van der Waals surface area (Å²) in [5.74, 6) is 0. The van der Waals surface area contributed by atoms with Gasteiger partial charge in [-0.1, -0.05) is 5.16 Å². The predicted molar refractivity (Wildman–Crippen MR) is 52.0 cm³/mol. The van der Waals surface area contributed by atoms with Crippen molar-refractivity contribution in [3.05, 3.63) is 38.9 Å². The van der Waals surface area contributed by atoms with Crippen molar-refractivity contribution >= 4 is 11.9 Å². The standard InChI is InChI=1S/C9H10N2O3/c1-6-3-7(2)9(11(13)14)4-8(6)5-10-12/h3-5,12H,1-2H3. The maximum atomic E-state index is 10.6. The Morgan fingerprint density at radius 1 is 1.43 bits per heavy atom. The lowest BCUT2D eigenvalue weighted by Crippen LogP contribution is -1.96. The van der Waals surface area contributed by atoms with E-state index in [1.807, 2.05) is 0 Å². The fourth-order valence-electron chi connectivity index (χ4n) is 1.25. The molecule has 0 bridgehead atoms. The zero-order valence-corrected chi connectivity index (χ0v) is 7.89. The van der Waals surface area contributed by atoms with Crippen LogP contribution in [0.5, 0.6) is 0 Å². The number of aryl methyl sites for hydroxylation is 2. The zero-order valence-electron chi connectivity index (χ0n) is 7.89. The minimum atomic E-state index is -0.455. The summed E-state index contributed by atoms with van der Waals surface area (Å²) >= 11 is 0. The topological polar surface area (TPSA) is 75.7 Å². The molecule has 1 aromatic carbocycles. The van der Waals surface area contributed by atoms with Crippen LogP contribution in [0.1, 0.15) is 16.7 Å². The van der Waals surface area contributed by atoms with E-state index in [2.05, 4.69) is 5.16 Å². The first-order valence-electron chi connectivity index (χ1n) is 3.99. The van der Waals surface area contributed by atoms with Crippen LogP contribution in [0.15, 0.2) is 17.3 Å². The SMILES string of the molecule is Cc1cc(C)c([N+](=O)[O-])cc1C=NO. The Morgan fingerprint density at radius 2 is 2.07 bits per heavy atom. The van der Waals surface area contributed by atoms with Gasteiger partial charge in [0.15, 0.2) is 0 Å². The fourth-order valence-corrected chi connectivity index (χ4v) is 1.25. The van der Waals surface area contributed by atoms with E-state index in [1.54, 1.807) is 19.9 Å². The monoisotopic (exact) mass is 194 g/mol. The molecule has 0 spiro atoms. The number of rotatable bonds is 2. The first-order valence-corrected chi connectivity index (χ1v) is 3.99. The third-order valence-corrected chi connectivity index (χ3v) is 1.98. The van der Waals surface area contributed by atoms with E-state index in [0.717, 1.165) is 5.56 Å². The highest BCUT2D eigenvalue weighted by Crippen LogP contribution is 2.21. The number of benzene rings is 1. The molecule has 74 valence electrons. The van der Waals surface area contributed by atoms with Crippen LogP contribution in [0.4, 0.5) is 5.69 Å². The third kappa shape index (κ3) is 1.87. The van der Waals surface area contributed by atoms with Crippen LogP contribution >= 0.6 is 0 Å². The summed E-state index contributed by atoms with van der Waals surface area (Å²) in [6.45, 7) is 3.47. The van der Waals surface area contributed by atoms with Gasteiger partial charge in [-0.15, -0.1) is 0 Å². The number of oxime groups is 1. The minimum Gasteiger partial charge on any atom is -0.411 e. The van der Waals surface area contributed by atoms with Gasteiger partial charge in [0.2, 0.25) is 0 Å². The van der Waals surface area contributed by atoms with E-state index in [1.165, 1.54) is 12.3 Å². The molecule has 0 radical (unpaired) electrons. The van der Waals surface area contributed by atoms with E-state index < -0.39 is 4.92 Å². The maximum absolute atomic E-state index is 10.6. The lowest BCUT2D eigenvalue weighted by molar-refractivity contribution is -0.385. The fraction of sp³-hybridized carbons (Fsp3) is 0.222. The highest BCUT2D eigenvalue weighted by molar-refractivity contribution is 5.82. The molecule has 0 fully saturated rings. The Labute approximate surface area is 80.8 Å². The highest BCUT2D eigenvalue weighted by atomic mass is 16.6. The van der Waals surface area contributed by atoms with Gasteiger partial charge >= 0.3 is 0 Å². The van der Waals surface area contributed by atoms with Crippen LogP contribution in [0.2, 0.25) is 0 Å². The van der Waals surface area contributed by atoms with Crippen molar-refractivity contribution in [2.24, 2.45) is 5.16 Å². The molecule has 0 aliphatic carbocycles. The van der Waals surface area contributed by atoms with Crippen molar-refractivity contribution in [1.29, 1.82) is 0 Å². The molecular formula is C9H10N2O3. The Morgan fingerprint density at radius 3 is 2.57 bits per heavy atom. The number of hydrogen-bond donors (Lipinski definition) is 1. The molecule has 1 N–H and O–H groups in total. The third-order valence-electron chi connectivity index (χ3n) is 1.98. The number of hydrogen-bond acceptors (Lipinski definition) is 4. The number of nitro benzene ring substituents is 1. The number of nitro groups is 1. The summed E-state index contributed by atoms with van der Waals surface area (Å²) in [7, 11) is 0. The molecule has 5 heteroatoms. The van der Waals surface area contributed by atoms with Gasteiger partial charge in [0.25, 0.3) is 5.69 Å². The van der Waals surface area contributed by atoms with Gasteiger partial charge in [0.1, 0.15) is 0 Å². The molecule has 5 nitrogen and oxygen atoms in total. The van der Waals surface area contributed by atoms with E-state index in [9.17, 15) is 10.1 Å². The lowest BCUT2D eigenvalue weighted by atomic mass is 10.0. The smallest absolute Gasteiger partial charge is 0.272 e. The summed E-state index contributed by atoms with van der Waals surface area (Å²) in [5.41, 5.74) is 2.02. The van der Waals surface area contributed by atoms with Gasteiger partial charge in [-0.3, -0.25) is 10.1 Å². The Kier molecular flexibility index (Phi) is 2.81. The molecule has 0 aromatic heterocycles. The average Bonchev–Trinajstić information content (AvgIpc) is 2.09. The first kappa shape index (κ1) is 10.2. The second-order valence-electron chi connectivity index (χ2n) is 3.00. The van der Waals surface area contributed by atoms with E-state index >= 15 is 0 Å². The van der Waals surface area contributed by atoms with Crippen molar-refractivity contribution in [3.63, 3.8) is 0 Å². The van der Waals surface area contributed by atoms with Crippen LogP contribution in [0.25, 0.3) is 0 Å².